The molecule has 1 spiro atoms. The molecule has 8 aromatic rings. The number of pyridine rings is 1. The van der Waals surface area contributed by atoms with Crippen LogP contribution in [0.5, 0.6) is 0 Å². The van der Waals surface area contributed by atoms with E-state index in [0.717, 1.165) is 18.5 Å². The third-order valence-corrected chi connectivity index (χ3v) is 11.7. The van der Waals surface area contributed by atoms with Crippen molar-refractivity contribution in [1.82, 2.24) is 4.98 Å². The van der Waals surface area contributed by atoms with Gasteiger partial charge in [-0.25, -0.2) is 0 Å². The fourth-order valence-electron chi connectivity index (χ4n) is 9.11. The predicted octanol–water partition coefficient (Wildman–Crippen LogP) is 12.1. The van der Waals surface area contributed by atoms with Crippen molar-refractivity contribution < 1.29 is 0 Å². The summed E-state index contributed by atoms with van der Waals surface area (Å²) in [6.45, 7) is 4.84. The lowest BCUT2D eigenvalue weighted by Crippen LogP contribution is -2.41. The Labute approximate surface area is 293 Å². The first kappa shape index (κ1) is 29.2. The normalized spacial score (nSPS) is 15.2. The van der Waals surface area contributed by atoms with Crippen LogP contribution < -0.4 is 0 Å². The first-order chi connectivity index (χ1) is 24.5. The Morgan fingerprint density at radius 1 is 0.400 bits per heavy atom. The average molecular weight is 640 g/mol. The monoisotopic (exact) mass is 639 g/mol. The molecule has 0 saturated heterocycles. The molecule has 0 radical (unpaired) electrons. The van der Waals surface area contributed by atoms with Gasteiger partial charge < -0.3 is 0 Å². The van der Waals surface area contributed by atoms with E-state index in [1.54, 1.807) is 0 Å². The average Bonchev–Trinajstić information content (AvgIpc) is 3.57. The Morgan fingerprint density at radius 2 is 0.900 bits per heavy atom. The molecule has 0 saturated carbocycles. The second-order valence-corrected chi connectivity index (χ2v) is 14.9. The molecule has 0 fully saturated rings. The van der Waals surface area contributed by atoms with E-state index in [4.69, 9.17) is 4.98 Å². The van der Waals surface area contributed by atoms with Crippen molar-refractivity contribution in [1.29, 1.82) is 0 Å². The minimum atomic E-state index is -0.190. The molecule has 1 heteroatoms. The van der Waals surface area contributed by atoms with Gasteiger partial charge in [-0.2, -0.15) is 0 Å². The van der Waals surface area contributed by atoms with Crippen LogP contribution in [0.4, 0.5) is 0 Å². The van der Waals surface area contributed by atoms with Gasteiger partial charge in [-0.05, 0) is 132 Å². The van der Waals surface area contributed by atoms with Gasteiger partial charge in [0.05, 0.1) is 5.69 Å². The largest absolute Gasteiger partial charge is 0.256 e. The van der Waals surface area contributed by atoms with Crippen LogP contribution in [0.2, 0.25) is 0 Å². The van der Waals surface area contributed by atoms with Crippen LogP contribution in [0.15, 0.2) is 164 Å². The number of hydrogen-bond donors (Lipinski definition) is 0. The van der Waals surface area contributed by atoms with E-state index < -0.39 is 0 Å². The molecule has 0 atom stereocenters. The number of rotatable bonds is 3. The van der Waals surface area contributed by atoms with Crippen molar-refractivity contribution in [3.8, 4) is 33.5 Å². The molecule has 1 aromatic heterocycles. The summed E-state index contributed by atoms with van der Waals surface area (Å²) in [7, 11) is 0. The maximum Gasteiger partial charge on any atom is 0.0702 e. The zero-order valence-corrected chi connectivity index (χ0v) is 28.4. The first-order valence-electron chi connectivity index (χ1n) is 17.8. The fraction of sp³-hybridized carbons (Fsp3) is 0.122. The van der Waals surface area contributed by atoms with Crippen LogP contribution in [-0.4, -0.2) is 4.98 Å². The van der Waals surface area contributed by atoms with Crippen molar-refractivity contribution >= 4 is 21.5 Å². The Morgan fingerprint density at radius 3 is 1.48 bits per heavy atom. The van der Waals surface area contributed by atoms with Crippen LogP contribution in [0.25, 0.3) is 55.1 Å². The fourth-order valence-corrected chi connectivity index (χ4v) is 9.11. The van der Waals surface area contributed by atoms with Crippen LogP contribution in [0.1, 0.15) is 47.2 Å². The van der Waals surface area contributed by atoms with Gasteiger partial charge in [0.15, 0.2) is 0 Å². The Balaban J connectivity index is 1.19. The van der Waals surface area contributed by atoms with E-state index in [2.05, 4.69) is 166 Å². The van der Waals surface area contributed by atoms with Crippen LogP contribution in [-0.2, 0) is 23.7 Å². The summed E-state index contributed by atoms with van der Waals surface area (Å²) in [5, 5.41) is 5.10. The molecule has 238 valence electrons. The molecule has 1 heterocycles. The minimum Gasteiger partial charge on any atom is -0.256 e. The standard InChI is InChI=1S/C49H37N/c1-48(2)43-22-20-38(36-16-14-32-9-3-5-11-34(32)25-36)28-45(43)49(30-41-19-18-40(27-42(41)31-49)47-13-7-8-24-50-47)46-29-39(21-23-44(46)48)37-17-15-33-10-4-6-12-35(33)26-37/h3-29H,30-31H2,1-2H3. The van der Waals surface area contributed by atoms with Crippen molar-refractivity contribution in [2.24, 2.45) is 0 Å². The molecule has 0 aliphatic heterocycles. The Kier molecular flexibility index (Phi) is 6.33. The van der Waals surface area contributed by atoms with Gasteiger partial charge in [-0.1, -0.05) is 129 Å². The molecule has 0 bridgehead atoms. The van der Waals surface area contributed by atoms with E-state index >= 15 is 0 Å². The molecule has 7 aromatic carbocycles. The van der Waals surface area contributed by atoms with E-state index in [1.165, 1.54) is 82.7 Å². The molecule has 0 amide bonds. The quantitative estimate of drug-likeness (QED) is 0.187. The third-order valence-electron chi connectivity index (χ3n) is 11.7. The second-order valence-electron chi connectivity index (χ2n) is 14.9. The van der Waals surface area contributed by atoms with E-state index in [-0.39, 0.29) is 10.8 Å². The molecule has 1 nitrogen and oxygen atoms in total. The van der Waals surface area contributed by atoms with Gasteiger partial charge in [0.1, 0.15) is 0 Å². The molecular weight excluding hydrogens is 603 g/mol. The van der Waals surface area contributed by atoms with Crippen LogP contribution in [0.3, 0.4) is 0 Å². The predicted molar refractivity (Wildman–Crippen MR) is 209 cm³/mol. The van der Waals surface area contributed by atoms with E-state index in [1.807, 2.05) is 12.3 Å². The number of nitrogens with zero attached hydrogens (tertiary/aromatic N) is 1. The van der Waals surface area contributed by atoms with E-state index in [0.29, 0.717) is 0 Å². The lowest BCUT2D eigenvalue weighted by atomic mass is 9.57. The van der Waals surface area contributed by atoms with Crippen molar-refractivity contribution in [2.45, 2.75) is 37.5 Å². The molecule has 10 rings (SSSR count). The maximum atomic E-state index is 4.70. The smallest absolute Gasteiger partial charge is 0.0702 e. The molecule has 0 N–H and O–H groups in total. The highest BCUT2D eigenvalue weighted by Crippen LogP contribution is 2.56. The highest BCUT2D eigenvalue weighted by atomic mass is 14.7. The van der Waals surface area contributed by atoms with Crippen molar-refractivity contribution in [3.05, 3.63) is 197 Å². The second kappa shape index (κ2) is 10.9. The summed E-state index contributed by atoms with van der Waals surface area (Å²) in [5.74, 6) is 0. The molecule has 50 heavy (non-hydrogen) atoms. The summed E-state index contributed by atoms with van der Waals surface area (Å²) in [6.07, 6.45) is 3.83. The topological polar surface area (TPSA) is 12.9 Å². The Hall–Kier alpha value is -5.79. The van der Waals surface area contributed by atoms with Gasteiger partial charge in [-0.15, -0.1) is 0 Å². The zero-order valence-electron chi connectivity index (χ0n) is 28.4. The van der Waals surface area contributed by atoms with Crippen LogP contribution >= 0.6 is 0 Å². The highest BCUT2D eigenvalue weighted by Gasteiger charge is 2.50. The highest BCUT2D eigenvalue weighted by molar-refractivity contribution is 5.89. The van der Waals surface area contributed by atoms with Crippen molar-refractivity contribution in [3.63, 3.8) is 0 Å². The van der Waals surface area contributed by atoms with Gasteiger partial charge in [-0.3, -0.25) is 4.98 Å². The molecular formula is C49H37N. The maximum absolute atomic E-state index is 4.70. The first-order valence-corrected chi connectivity index (χ1v) is 17.8. The lowest BCUT2D eigenvalue weighted by molar-refractivity contribution is 0.475. The molecule has 0 unspecified atom stereocenters. The van der Waals surface area contributed by atoms with Crippen LogP contribution in [0, 0.1) is 0 Å². The zero-order chi connectivity index (χ0) is 33.5. The van der Waals surface area contributed by atoms with Gasteiger partial charge in [0.25, 0.3) is 0 Å². The van der Waals surface area contributed by atoms with E-state index in [9.17, 15) is 0 Å². The summed E-state index contributed by atoms with van der Waals surface area (Å²) in [6, 6.07) is 59.0. The Bertz CT molecular complexity index is 2490. The minimum absolute atomic E-state index is 0.145. The summed E-state index contributed by atoms with van der Waals surface area (Å²) in [4.78, 5) is 4.70. The lowest BCUT2D eigenvalue weighted by Gasteiger charge is -2.46. The van der Waals surface area contributed by atoms with Gasteiger partial charge in [0.2, 0.25) is 0 Å². The number of benzene rings is 7. The number of hydrogen-bond acceptors (Lipinski definition) is 1. The SMILES string of the molecule is CC1(C)c2ccc(-c3ccc4ccccc4c3)cc2C2(Cc3ccc(-c4ccccn4)cc3C2)c2cc(-c3ccc4ccccc4c3)ccc21. The number of fused-ring (bicyclic) bond motifs is 7. The third kappa shape index (κ3) is 4.43. The summed E-state index contributed by atoms with van der Waals surface area (Å²) in [5.41, 5.74) is 15.6. The molecule has 2 aliphatic rings. The summed E-state index contributed by atoms with van der Waals surface area (Å²) < 4.78 is 0. The summed E-state index contributed by atoms with van der Waals surface area (Å²) >= 11 is 0. The number of aromatic nitrogens is 1. The van der Waals surface area contributed by atoms with Gasteiger partial charge in [0, 0.05) is 22.6 Å². The van der Waals surface area contributed by atoms with Crippen molar-refractivity contribution in [2.75, 3.05) is 0 Å². The molecule has 2 aliphatic carbocycles. The van der Waals surface area contributed by atoms with Gasteiger partial charge >= 0.3 is 0 Å².